The summed E-state index contributed by atoms with van der Waals surface area (Å²) in [5.74, 6) is 0.505. The Morgan fingerprint density at radius 1 is 1.13 bits per heavy atom. The number of fused-ring (bicyclic) bond motifs is 1. The second kappa shape index (κ2) is 6.05. The second-order valence-electron chi connectivity index (χ2n) is 6.15. The van der Waals surface area contributed by atoms with Crippen LogP contribution in [0.3, 0.4) is 0 Å². The lowest BCUT2D eigenvalue weighted by Crippen LogP contribution is -2.45. The molecule has 0 radical (unpaired) electrons. The Kier molecular flexibility index (Phi) is 4.09. The van der Waals surface area contributed by atoms with E-state index in [0.717, 1.165) is 29.8 Å². The van der Waals surface area contributed by atoms with Crippen molar-refractivity contribution < 1.29 is 0 Å². The minimum absolute atomic E-state index is 0.227. The molecule has 4 heteroatoms. The van der Waals surface area contributed by atoms with E-state index in [9.17, 15) is 0 Å². The summed E-state index contributed by atoms with van der Waals surface area (Å²) in [5, 5.41) is 0. The molecule has 0 fully saturated rings. The molecule has 2 aromatic carbocycles. The van der Waals surface area contributed by atoms with Crippen molar-refractivity contribution in [3.63, 3.8) is 0 Å². The zero-order valence-corrected chi connectivity index (χ0v) is 14.0. The highest BCUT2D eigenvalue weighted by atomic mass is 15.3. The third-order valence-electron chi connectivity index (χ3n) is 4.45. The Labute approximate surface area is 137 Å². The SMILES string of the molecule is CCCN1C(N)=Nc2cc(-c3c(C)cccc3C)ccc2C1N. The highest BCUT2D eigenvalue weighted by Gasteiger charge is 2.25. The Bertz CT molecular complexity index is 744. The molecule has 4 nitrogen and oxygen atoms in total. The highest BCUT2D eigenvalue weighted by molar-refractivity contribution is 5.86. The van der Waals surface area contributed by atoms with Crippen molar-refractivity contribution in [3.8, 4) is 11.1 Å². The first-order chi connectivity index (χ1) is 11.0. The van der Waals surface area contributed by atoms with E-state index in [-0.39, 0.29) is 6.17 Å². The average molecular weight is 308 g/mol. The molecule has 1 heterocycles. The summed E-state index contributed by atoms with van der Waals surface area (Å²) in [7, 11) is 0. The van der Waals surface area contributed by atoms with Crippen LogP contribution in [0.5, 0.6) is 0 Å². The van der Waals surface area contributed by atoms with E-state index in [2.05, 4.69) is 62.2 Å². The number of nitrogens with two attached hydrogens (primary N) is 2. The van der Waals surface area contributed by atoms with Gasteiger partial charge >= 0.3 is 0 Å². The van der Waals surface area contributed by atoms with Crippen LogP contribution in [0.25, 0.3) is 11.1 Å². The Balaban J connectivity index is 2.08. The van der Waals surface area contributed by atoms with Crippen molar-refractivity contribution in [3.05, 3.63) is 53.1 Å². The lowest BCUT2D eigenvalue weighted by Gasteiger charge is -2.34. The molecule has 0 spiro atoms. The van der Waals surface area contributed by atoms with E-state index >= 15 is 0 Å². The van der Waals surface area contributed by atoms with Gasteiger partial charge in [-0.2, -0.15) is 0 Å². The molecule has 1 aliphatic rings. The van der Waals surface area contributed by atoms with E-state index in [1.54, 1.807) is 0 Å². The number of hydrogen-bond donors (Lipinski definition) is 2. The summed E-state index contributed by atoms with van der Waals surface area (Å²) in [6.07, 6.45) is 0.759. The minimum Gasteiger partial charge on any atom is -0.369 e. The minimum atomic E-state index is -0.227. The molecule has 0 aromatic heterocycles. The monoisotopic (exact) mass is 308 g/mol. The van der Waals surface area contributed by atoms with Crippen LogP contribution in [-0.2, 0) is 0 Å². The summed E-state index contributed by atoms with van der Waals surface area (Å²) in [6.45, 7) is 7.19. The zero-order chi connectivity index (χ0) is 16.6. The van der Waals surface area contributed by atoms with Gasteiger partial charge in [-0.25, -0.2) is 4.99 Å². The van der Waals surface area contributed by atoms with Crippen LogP contribution >= 0.6 is 0 Å². The van der Waals surface area contributed by atoms with Gasteiger partial charge in [0.05, 0.1) is 5.69 Å². The van der Waals surface area contributed by atoms with Crippen molar-refractivity contribution in [2.75, 3.05) is 6.54 Å². The maximum Gasteiger partial charge on any atom is 0.198 e. The van der Waals surface area contributed by atoms with Gasteiger partial charge in [0.2, 0.25) is 0 Å². The van der Waals surface area contributed by atoms with Gasteiger partial charge in [-0.1, -0.05) is 37.3 Å². The zero-order valence-electron chi connectivity index (χ0n) is 14.0. The molecule has 120 valence electrons. The molecule has 23 heavy (non-hydrogen) atoms. The van der Waals surface area contributed by atoms with Crippen LogP contribution < -0.4 is 11.5 Å². The number of aryl methyl sites for hydroxylation is 2. The molecule has 0 amide bonds. The molecule has 0 saturated heterocycles. The predicted octanol–water partition coefficient (Wildman–Crippen LogP) is 3.60. The lowest BCUT2D eigenvalue weighted by atomic mass is 9.93. The molecule has 1 aliphatic heterocycles. The quantitative estimate of drug-likeness (QED) is 0.910. The second-order valence-corrected chi connectivity index (χ2v) is 6.15. The maximum absolute atomic E-state index is 6.38. The van der Waals surface area contributed by atoms with Gasteiger partial charge < -0.3 is 16.4 Å². The molecule has 3 rings (SSSR count). The highest BCUT2D eigenvalue weighted by Crippen LogP contribution is 2.36. The Morgan fingerprint density at radius 2 is 1.83 bits per heavy atom. The van der Waals surface area contributed by atoms with Crippen LogP contribution in [0.4, 0.5) is 5.69 Å². The fraction of sp³-hybridized carbons (Fsp3) is 0.316. The third kappa shape index (κ3) is 2.70. The predicted molar refractivity (Wildman–Crippen MR) is 96.6 cm³/mol. The summed E-state index contributed by atoms with van der Waals surface area (Å²) in [4.78, 5) is 6.54. The fourth-order valence-corrected chi connectivity index (χ4v) is 3.31. The van der Waals surface area contributed by atoms with E-state index in [4.69, 9.17) is 11.5 Å². The summed E-state index contributed by atoms with van der Waals surface area (Å²) >= 11 is 0. The maximum atomic E-state index is 6.38. The van der Waals surface area contributed by atoms with Gasteiger partial charge in [-0.05, 0) is 48.6 Å². The largest absolute Gasteiger partial charge is 0.369 e. The number of nitrogens with zero attached hydrogens (tertiary/aromatic N) is 2. The van der Waals surface area contributed by atoms with Crippen molar-refractivity contribution in [2.24, 2.45) is 16.5 Å². The van der Waals surface area contributed by atoms with Crippen molar-refractivity contribution >= 4 is 11.6 Å². The lowest BCUT2D eigenvalue weighted by molar-refractivity contribution is 0.315. The molecule has 2 aromatic rings. The van der Waals surface area contributed by atoms with Gasteiger partial charge in [0.15, 0.2) is 5.96 Å². The first kappa shape index (κ1) is 15.6. The van der Waals surface area contributed by atoms with Gasteiger partial charge in [-0.15, -0.1) is 0 Å². The first-order valence-corrected chi connectivity index (χ1v) is 8.10. The number of guanidine groups is 1. The number of aliphatic imine (C=N–C) groups is 1. The molecule has 0 aliphatic carbocycles. The third-order valence-corrected chi connectivity index (χ3v) is 4.45. The van der Waals surface area contributed by atoms with Gasteiger partial charge in [0.1, 0.15) is 6.17 Å². The molecule has 0 saturated carbocycles. The standard InChI is InChI=1S/C19H24N4/c1-4-10-23-18(20)15-9-8-14(11-16(15)22-19(23)21)17-12(2)6-5-7-13(17)3/h5-9,11,18H,4,10,20H2,1-3H3,(H2,21,22). The van der Waals surface area contributed by atoms with Crippen molar-refractivity contribution in [2.45, 2.75) is 33.4 Å². The average Bonchev–Trinajstić information content (AvgIpc) is 2.51. The van der Waals surface area contributed by atoms with Crippen molar-refractivity contribution in [1.29, 1.82) is 0 Å². The fourth-order valence-electron chi connectivity index (χ4n) is 3.31. The van der Waals surface area contributed by atoms with Crippen molar-refractivity contribution in [1.82, 2.24) is 4.90 Å². The molecule has 1 atom stereocenters. The summed E-state index contributed by atoms with van der Waals surface area (Å²) in [5.41, 5.74) is 19.3. The Morgan fingerprint density at radius 3 is 2.48 bits per heavy atom. The van der Waals surface area contributed by atoms with E-state index < -0.39 is 0 Å². The topological polar surface area (TPSA) is 67.6 Å². The van der Waals surface area contributed by atoms with E-state index in [0.29, 0.717) is 5.96 Å². The Hall–Kier alpha value is -2.33. The van der Waals surface area contributed by atoms with E-state index in [1.807, 2.05) is 4.90 Å². The van der Waals surface area contributed by atoms with Crippen LogP contribution in [0, 0.1) is 13.8 Å². The first-order valence-electron chi connectivity index (χ1n) is 8.10. The smallest absolute Gasteiger partial charge is 0.198 e. The van der Waals surface area contributed by atoms with Gasteiger partial charge in [0.25, 0.3) is 0 Å². The van der Waals surface area contributed by atoms with Crippen LogP contribution in [0.2, 0.25) is 0 Å². The molecular formula is C19H24N4. The normalized spacial score (nSPS) is 17.0. The number of benzene rings is 2. The number of rotatable bonds is 3. The molecule has 1 unspecified atom stereocenters. The number of hydrogen-bond acceptors (Lipinski definition) is 4. The summed E-state index contributed by atoms with van der Waals surface area (Å²) < 4.78 is 0. The van der Waals surface area contributed by atoms with E-state index in [1.165, 1.54) is 16.7 Å². The molecule has 0 bridgehead atoms. The molecular weight excluding hydrogens is 284 g/mol. The van der Waals surface area contributed by atoms with Crippen LogP contribution in [0.15, 0.2) is 41.4 Å². The van der Waals surface area contributed by atoms with Gasteiger partial charge in [-0.3, -0.25) is 0 Å². The van der Waals surface area contributed by atoms with Crippen LogP contribution in [0.1, 0.15) is 36.2 Å². The van der Waals surface area contributed by atoms with Gasteiger partial charge in [0, 0.05) is 12.1 Å². The summed E-state index contributed by atoms with van der Waals surface area (Å²) in [6, 6.07) is 12.7. The van der Waals surface area contributed by atoms with Crippen LogP contribution in [-0.4, -0.2) is 17.4 Å². The molecule has 4 N–H and O–H groups in total.